The zero-order valence-corrected chi connectivity index (χ0v) is 14.7. The standard InChI is InChI=1S/C17H17ClFN5/c1-9-5-10(19)12-11(6-9)23(7-17(2,3)4)15-13(12)14(18)22-16-20-8-21-24(15)16/h5-6,8H,7H2,1-4H3. The summed E-state index contributed by atoms with van der Waals surface area (Å²) >= 11 is 6.40. The minimum atomic E-state index is -0.300. The van der Waals surface area contributed by atoms with Crippen LogP contribution in [0.1, 0.15) is 26.3 Å². The molecule has 0 radical (unpaired) electrons. The van der Waals surface area contributed by atoms with Crippen LogP contribution in [0.5, 0.6) is 0 Å². The molecule has 1 aromatic carbocycles. The molecule has 0 spiro atoms. The van der Waals surface area contributed by atoms with Crippen LogP contribution in [0.25, 0.3) is 27.7 Å². The number of rotatable bonds is 1. The van der Waals surface area contributed by atoms with Gasteiger partial charge in [0.2, 0.25) is 0 Å². The minimum Gasteiger partial charge on any atom is -0.324 e. The number of aryl methyl sites for hydroxylation is 1. The van der Waals surface area contributed by atoms with Crippen LogP contribution in [0.4, 0.5) is 4.39 Å². The highest BCUT2D eigenvalue weighted by atomic mass is 35.5. The van der Waals surface area contributed by atoms with E-state index in [1.54, 1.807) is 4.52 Å². The van der Waals surface area contributed by atoms with Crippen molar-refractivity contribution in [3.05, 3.63) is 35.0 Å². The van der Waals surface area contributed by atoms with Crippen molar-refractivity contribution in [1.29, 1.82) is 0 Å². The smallest absolute Gasteiger partial charge is 0.255 e. The van der Waals surface area contributed by atoms with Crippen LogP contribution in [-0.2, 0) is 6.54 Å². The van der Waals surface area contributed by atoms with E-state index in [1.165, 1.54) is 12.4 Å². The van der Waals surface area contributed by atoms with E-state index in [-0.39, 0.29) is 16.4 Å². The van der Waals surface area contributed by atoms with Crippen molar-refractivity contribution >= 4 is 39.3 Å². The van der Waals surface area contributed by atoms with Crippen LogP contribution in [0.15, 0.2) is 18.5 Å². The highest BCUT2D eigenvalue weighted by molar-refractivity contribution is 6.36. The van der Waals surface area contributed by atoms with Gasteiger partial charge in [-0.3, -0.25) is 0 Å². The Balaban J connectivity index is 2.31. The first-order chi connectivity index (χ1) is 11.3. The van der Waals surface area contributed by atoms with Crippen molar-refractivity contribution in [3.63, 3.8) is 0 Å². The summed E-state index contributed by atoms with van der Waals surface area (Å²) in [5.41, 5.74) is 2.36. The van der Waals surface area contributed by atoms with Crippen molar-refractivity contribution in [2.45, 2.75) is 34.2 Å². The fourth-order valence-electron chi connectivity index (χ4n) is 3.20. The molecule has 5 nitrogen and oxygen atoms in total. The predicted octanol–water partition coefficient (Wildman–Crippen LogP) is 4.38. The Morgan fingerprint density at radius 3 is 2.67 bits per heavy atom. The number of benzene rings is 1. The molecular formula is C17H17ClFN5. The van der Waals surface area contributed by atoms with Gasteiger partial charge >= 0.3 is 0 Å². The second-order valence-electron chi connectivity index (χ2n) is 7.36. The van der Waals surface area contributed by atoms with Gasteiger partial charge < -0.3 is 4.57 Å². The van der Waals surface area contributed by atoms with Crippen LogP contribution >= 0.6 is 11.6 Å². The van der Waals surface area contributed by atoms with Crippen LogP contribution < -0.4 is 0 Å². The van der Waals surface area contributed by atoms with Gasteiger partial charge in [0, 0.05) is 11.9 Å². The molecule has 0 unspecified atom stereocenters. The Kier molecular flexibility index (Phi) is 3.12. The van der Waals surface area contributed by atoms with Crippen molar-refractivity contribution < 1.29 is 4.39 Å². The molecule has 0 atom stereocenters. The highest BCUT2D eigenvalue weighted by Gasteiger charge is 2.24. The van der Waals surface area contributed by atoms with Gasteiger partial charge in [0.25, 0.3) is 5.78 Å². The topological polar surface area (TPSA) is 48.0 Å². The first kappa shape index (κ1) is 15.3. The van der Waals surface area contributed by atoms with E-state index in [2.05, 4.69) is 40.4 Å². The van der Waals surface area contributed by atoms with Gasteiger partial charge in [-0.15, -0.1) is 0 Å². The number of halogens is 2. The number of nitrogens with zero attached hydrogens (tertiary/aromatic N) is 5. The lowest BCUT2D eigenvalue weighted by Gasteiger charge is -2.21. The molecule has 0 N–H and O–H groups in total. The van der Waals surface area contributed by atoms with E-state index in [0.29, 0.717) is 23.1 Å². The summed E-state index contributed by atoms with van der Waals surface area (Å²) in [4.78, 5) is 8.39. The molecule has 4 aromatic rings. The molecule has 3 heterocycles. The number of aromatic nitrogens is 5. The fraction of sp³-hybridized carbons (Fsp3) is 0.353. The van der Waals surface area contributed by atoms with Crippen molar-refractivity contribution in [1.82, 2.24) is 24.1 Å². The van der Waals surface area contributed by atoms with E-state index in [4.69, 9.17) is 11.6 Å². The minimum absolute atomic E-state index is 0.0121. The zero-order valence-electron chi connectivity index (χ0n) is 13.9. The van der Waals surface area contributed by atoms with Crippen LogP contribution in [-0.4, -0.2) is 24.1 Å². The Morgan fingerprint density at radius 1 is 1.21 bits per heavy atom. The van der Waals surface area contributed by atoms with E-state index in [9.17, 15) is 4.39 Å². The number of hydrogen-bond acceptors (Lipinski definition) is 3. The van der Waals surface area contributed by atoms with Gasteiger partial charge in [0.15, 0.2) is 0 Å². The summed E-state index contributed by atoms with van der Waals surface area (Å²) in [5, 5.41) is 5.57. The van der Waals surface area contributed by atoms with Crippen LogP contribution in [0.2, 0.25) is 5.15 Å². The van der Waals surface area contributed by atoms with E-state index in [1.807, 2.05) is 13.0 Å². The third-order valence-corrected chi connectivity index (χ3v) is 4.27. The number of hydrogen-bond donors (Lipinski definition) is 0. The Morgan fingerprint density at radius 2 is 1.96 bits per heavy atom. The summed E-state index contributed by atoms with van der Waals surface area (Å²) in [7, 11) is 0. The monoisotopic (exact) mass is 345 g/mol. The van der Waals surface area contributed by atoms with Gasteiger partial charge in [-0.1, -0.05) is 32.4 Å². The summed E-state index contributed by atoms with van der Waals surface area (Å²) in [6, 6.07) is 3.49. The Hall–Kier alpha value is -2.21. The first-order valence-corrected chi connectivity index (χ1v) is 8.11. The summed E-state index contributed by atoms with van der Waals surface area (Å²) in [5.74, 6) is 0.105. The lowest BCUT2D eigenvalue weighted by molar-refractivity contribution is 0.352. The molecule has 124 valence electrons. The highest BCUT2D eigenvalue weighted by Crippen LogP contribution is 2.37. The van der Waals surface area contributed by atoms with E-state index >= 15 is 0 Å². The van der Waals surface area contributed by atoms with Crippen molar-refractivity contribution in [2.75, 3.05) is 0 Å². The first-order valence-electron chi connectivity index (χ1n) is 7.73. The Labute approximate surface area is 143 Å². The maximum atomic E-state index is 14.8. The average Bonchev–Trinajstić information content (AvgIpc) is 3.01. The van der Waals surface area contributed by atoms with Gasteiger partial charge in [-0.2, -0.15) is 19.6 Å². The number of fused-ring (bicyclic) bond motifs is 5. The molecule has 24 heavy (non-hydrogen) atoms. The lowest BCUT2D eigenvalue weighted by atomic mass is 9.97. The SMILES string of the molecule is Cc1cc(F)c2c3c(Cl)nc4ncnn4c3n(CC(C)(C)C)c2c1. The fourth-order valence-corrected chi connectivity index (χ4v) is 3.45. The summed E-state index contributed by atoms with van der Waals surface area (Å²) in [6.45, 7) is 8.98. The quantitative estimate of drug-likeness (QED) is 0.481. The molecule has 0 saturated heterocycles. The molecule has 4 rings (SSSR count). The van der Waals surface area contributed by atoms with E-state index < -0.39 is 0 Å². The normalized spacial score (nSPS) is 12.8. The lowest BCUT2D eigenvalue weighted by Crippen LogP contribution is -2.16. The maximum Gasteiger partial charge on any atom is 0.255 e. The zero-order chi connectivity index (χ0) is 17.2. The molecular weight excluding hydrogens is 329 g/mol. The summed E-state index contributed by atoms with van der Waals surface area (Å²) in [6.07, 6.45) is 1.43. The Bertz CT molecular complexity index is 1100. The predicted molar refractivity (Wildman–Crippen MR) is 92.9 cm³/mol. The summed E-state index contributed by atoms with van der Waals surface area (Å²) < 4.78 is 18.5. The average molecular weight is 346 g/mol. The second-order valence-corrected chi connectivity index (χ2v) is 7.72. The van der Waals surface area contributed by atoms with Crippen molar-refractivity contribution in [3.8, 4) is 0 Å². The molecule has 7 heteroatoms. The van der Waals surface area contributed by atoms with Crippen LogP contribution in [0.3, 0.4) is 0 Å². The van der Waals surface area contributed by atoms with Gasteiger partial charge in [0.05, 0.1) is 10.9 Å². The van der Waals surface area contributed by atoms with Crippen molar-refractivity contribution in [2.24, 2.45) is 5.41 Å². The molecule has 0 bridgehead atoms. The third-order valence-electron chi connectivity index (χ3n) is 4.00. The third kappa shape index (κ3) is 2.17. The van der Waals surface area contributed by atoms with Gasteiger partial charge in [0.1, 0.15) is 22.9 Å². The molecule has 0 fully saturated rings. The largest absolute Gasteiger partial charge is 0.324 e. The molecule has 0 aliphatic rings. The van der Waals surface area contributed by atoms with Gasteiger partial charge in [-0.05, 0) is 30.0 Å². The molecule has 0 aliphatic heterocycles. The molecule has 0 saturated carbocycles. The molecule has 3 aromatic heterocycles. The maximum absolute atomic E-state index is 14.8. The second kappa shape index (κ2) is 4.89. The van der Waals surface area contributed by atoms with Crippen LogP contribution in [0, 0.1) is 18.2 Å². The molecule has 0 aliphatic carbocycles. The van der Waals surface area contributed by atoms with Gasteiger partial charge in [-0.25, -0.2) is 4.39 Å². The molecule has 0 amide bonds. The van der Waals surface area contributed by atoms with E-state index in [0.717, 1.165) is 16.7 Å².